The Morgan fingerprint density at radius 2 is 1.97 bits per heavy atom. The third-order valence-corrected chi connectivity index (χ3v) is 5.90. The van der Waals surface area contributed by atoms with Gasteiger partial charge in [-0.25, -0.2) is 4.98 Å². The van der Waals surface area contributed by atoms with Gasteiger partial charge in [0, 0.05) is 41.1 Å². The van der Waals surface area contributed by atoms with Crippen LogP contribution in [0.1, 0.15) is 43.2 Å². The van der Waals surface area contributed by atoms with Gasteiger partial charge in [0.15, 0.2) is 17.3 Å². The molecule has 0 bridgehead atoms. The molecule has 2 N–H and O–H groups in total. The molecule has 1 aromatic carbocycles. The maximum atomic E-state index is 13.4. The van der Waals surface area contributed by atoms with E-state index in [1.54, 1.807) is 12.3 Å². The van der Waals surface area contributed by atoms with Gasteiger partial charge in [0.2, 0.25) is 6.79 Å². The van der Waals surface area contributed by atoms with Crippen LogP contribution in [0.4, 0.5) is 5.82 Å². The zero-order chi connectivity index (χ0) is 21.5. The van der Waals surface area contributed by atoms with E-state index < -0.39 is 5.92 Å². The van der Waals surface area contributed by atoms with Crippen molar-refractivity contribution < 1.29 is 19.1 Å². The first-order valence-electron chi connectivity index (χ1n) is 10.4. The number of amides is 1. The van der Waals surface area contributed by atoms with Crippen molar-refractivity contribution in [3.8, 4) is 11.5 Å². The predicted molar refractivity (Wildman–Crippen MR) is 115 cm³/mol. The fourth-order valence-corrected chi connectivity index (χ4v) is 4.44. The lowest BCUT2D eigenvalue weighted by atomic mass is 9.75. The lowest BCUT2D eigenvalue weighted by Gasteiger charge is -2.34. The van der Waals surface area contributed by atoms with E-state index in [4.69, 9.17) is 9.47 Å². The van der Waals surface area contributed by atoms with E-state index in [0.29, 0.717) is 34.9 Å². The Hall–Kier alpha value is -3.61. The highest BCUT2D eigenvalue weighted by Crippen LogP contribution is 2.45. The molecule has 5 rings (SSSR count). The summed E-state index contributed by atoms with van der Waals surface area (Å²) in [6.45, 7) is 3.98. The van der Waals surface area contributed by atoms with Gasteiger partial charge >= 0.3 is 0 Å². The molecule has 31 heavy (non-hydrogen) atoms. The average Bonchev–Trinajstić information content (AvgIpc) is 3.22. The maximum Gasteiger partial charge on any atom is 0.255 e. The fourth-order valence-electron chi connectivity index (χ4n) is 4.44. The minimum atomic E-state index is -0.482. The van der Waals surface area contributed by atoms with Crippen LogP contribution in [-0.4, -0.2) is 23.5 Å². The number of hydrogen-bond donors (Lipinski definition) is 2. The van der Waals surface area contributed by atoms with Crippen LogP contribution in [0.15, 0.2) is 59.1 Å². The molecule has 0 spiro atoms. The molecule has 2 aliphatic heterocycles. The van der Waals surface area contributed by atoms with Crippen LogP contribution >= 0.6 is 0 Å². The number of carbonyl (C=O) groups is 2. The van der Waals surface area contributed by atoms with Gasteiger partial charge in [-0.3, -0.25) is 9.59 Å². The minimum absolute atomic E-state index is 0.0719. The van der Waals surface area contributed by atoms with Crippen LogP contribution in [0.5, 0.6) is 11.5 Å². The number of aryl methyl sites for hydroxylation is 1. The van der Waals surface area contributed by atoms with E-state index in [1.807, 2.05) is 38.1 Å². The Balaban J connectivity index is 1.58. The lowest BCUT2D eigenvalue weighted by molar-refractivity contribution is -0.116. The highest BCUT2D eigenvalue weighted by atomic mass is 16.7. The number of ketones is 1. The van der Waals surface area contributed by atoms with Gasteiger partial charge in [0.1, 0.15) is 5.82 Å². The van der Waals surface area contributed by atoms with E-state index in [1.165, 1.54) is 0 Å². The number of pyridine rings is 1. The molecule has 1 aromatic heterocycles. The van der Waals surface area contributed by atoms with Crippen molar-refractivity contribution in [3.05, 3.63) is 70.2 Å². The van der Waals surface area contributed by atoms with Gasteiger partial charge < -0.3 is 20.1 Å². The summed E-state index contributed by atoms with van der Waals surface area (Å²) in [4.78, 5) is 30.7. The Bertz CT molecular complexity index is 1150. The Morgan fingerprint density at radius 1 is 1.13 bits per heavy atom. The number of nitrogens with one attached hydrogen (secondary N) is 2. The number of Topliss-reactive ketones (excluding diaryl/α,β-unsaturated/α-hetero) is 1. The van der Waals surface area contributed by atoms with Crippen LogP contribution in [-0.2, 0) is 9.59 Å². The molecule has 1 aliphatic carbocycles. The molecule has 158 valence electrons. The average molecular weight is 417 g/mol. The summed E-state index contributed by atoms with van der Waals surface area (Å²) in [5, 5.41) is 6.22. The highest BCUT2D eigenvalue weighted by Gasteiger charge is 2.39. The van der Waals surface area contributed by atoms with E-state index in [0.717, 1.165) is 35.4 Å². The normalized spacial score (nSPS) is 19.8. The second-order valence-corrected chi connectivity index (χ2v) is 8.05. The van der Waals surface area contributed by atoms with Crippen molar-refractivity contribution in [3.63, 3.8) is 0 Å². The number of rotatable bonds is 3. The molecule has 0 unspecified atom stereocenters. The number of aromatic nitrogens is 1. The topological polar surface area (TPSA) is 89.6 Å². The van der Waals surface area contributed by atoms with Gasteiger partial charge in [-0.05, 0) is 56.0 Å². The molecule has 7 heteroatoms. The molecule has 2 aromatic rings. The monoisotopic (exact) mass is 417 g/mol. The lowest BCUT2D eigenvalue weighted by Crippen LogP contribution is -2.35. The number of nitrogens with zero attached hydrogens (tertiary/aromatic N) is 1. The van der Waals surface area contributed by atoms with E-state index in [2.05, 4.69) is 15.6 Å². The standard InChI is InChI=1S/C24H23N3O4/c1-13-6-9-20(25-11-13)27-24(29)21-14(2)26-16-4-3-5-17(28)23(16)22(21)15-7-8-18-19(10-15)31-12-30-18/h6-11,22,26H,3-5,12H2,1-2H3,(H,25,27,29)/t22-/m1/s1. The Labute approximate surface area is 180 Å². The number of benzene rings is 1. The summed E-state index contributed by atoms with van der Waals surface area (Å²) in [5.74, 6) is 1.06. The summed E-state index contributed by atoms with van der Waals surface area (Å²) in [6, 6.07) is 9.27. The quantitative estimate of drug-likeness (QED) is 0.791. The molecule has 1 amide bonds. The zero-order valence-electron chi connectivity index (χ0n) is 17.5. The number of allylic oxidation sites excluding steroid dienone is 3. The first kappa shape index (κ1) is 19.4. The minimum Gasteiger partial charge on any atom is -0.454 e. The Kier molecular flexibility index (Phi) is 4.73. The molecule has 0 fully saturated rings. The summed E-state index contributed by atoms with van der Waals surface area (Å²) in [7, 11) is 0. The smallest absolute Gasteiger partial charge is 0.255 e. The number of fused-ring (bicyclic) bond motifs is 1. The summed E-state index contributed by atoms with van der Waals surface area (Å²) in [6.07, 6.45) is 3.78. The molecule has 1 atom stereocenters. The third kappa shape index (κ3) is 3.46. The maximum absolute atomic E-state index is 13.4. The van der Waals surface area contributed by atoms with Gasteiger partial charge in [0.25, 0.3) is 5.91 Å². The SMILES string of the molecule is CC1=C(C(=O)Nc2ccc(C)cn2)[C@@H](c2ccc3c(c2)OCO3)C2=C(CCCC2=O)N1. The first-order valence-corrected chi connectivity index (χ1v) is 10.4. The van der Waals surface area contributed by atoms with Crippen molar-refractivity contribution >= 4 is 17.5 Å². The van der Waals surface area contributed by atoms with Crippen LogP contribution in [0, 0.1) is 6.92 Å². The third-order valence-electron chi connectivity index (χ3n) is 5.90. The summed E-state index contributed by atoms with van der Waals surface area (Å²) < 4.78 is 11.0. The number of ether oxygens (including phenoxy) is 2. The van der Waals surface area contributed by atoms with Gasteiger partial charge in [0.05, 0.1) is 0 Å². The zero-order valence-corrected chi connectivity index (χ0v) is 17.5. The van der Waals surface area contributed by atoms with Crippen molar-refractivity contribution in [1.82, 2.24) is 10.3 Å². The number of hydrogen-bond acceptors (Lipinski definition) is 6. The largest absolute Gasteiger partial charge is 0.454 e. The van der Waals surface area contributed by atoms with Gasteiger partial charge in [-0.1, -0.05) is 12.1 Å². The summed E-state index contributed by atoms with van der Waals surface area (Å²) in [5.41, 5.74) is 4.65. The Morgan fingerprint density at radius 3 is 2.77 bits per heavy atom. The molecule has 0 saturated heterocycles. The van der Waals surface area contributed by atoms with Gasteiger partial charge in [-0.15, -0.1) is 0 Å². The predicted octanol–water partition coefficient (Wildman–Crippen LogP) is 3.73. The van der Waals surface area contributed by atoms with E-state index in [-0.39, 0.29) is 18.5 Å². The van der Waals surface area contributed by atoms with Crippen LogP contribution in [0.2, 0.25) is 0 Å². The van der Waals surface area contributed by atoms with Crippen LogP contribution < -0.4 is 20.1 Å². The highest BCUT2D eigenvalue weighted by molar-refractivity contribution is 6.09. The molecular weight excluding hydrogens is 394 g/mol. The first-order chi connectivity index (χ1) is 15.0. The van der Waals surface area contributed by atoms with Crippen molar-refractivity contribution in [2.45, 2.75) is 39.0 Å². The molecule has 7 nitrogen and oxygen atoms in total. The number of dihydropyridines is 1. The molecular formula is C24H23N3O4. The summed E-state index contributed by atoms with van der Waals surface area (Å²) >= 11 is 0. The van der Waals surface area contributed by atoms with E-state index >= 15 is 0 Å². The number of anilines is 1. The molecule has 0 saturated carbocycles. The van der Waals surface area contributed by atoms with Crippen molar-refractivity contribution in [2.24, 2.45) is 0 Å². The molecule has 3 aliphatic rings. The molecule has 0 radical (unpaired) electrons. The second kappa shape index (κ2) is 7.58. The second-order valence-electron chi connectivity index (χ2n) is 8.05. The molecule has 3 heterocycles. The van der Waals surface area contributed by atoms with Crippen molar-refractivity contribution in [2.75, 3.05) is 12.1 Å². The fraction of sp³-hybridized carbons (Fsp3) is 0.292. The van der Waals surface area contributed by atoms with Crippen LogP contribution in [0.25, 0.3) is 0 Å². The van der Waals surface area contributed by atoms with E-state index in [9.17, 15) is 9.59 Å². The van der Waals surface area contributed by atoms with Crippen molar-refractivity contribution in [1.29, 1.82) is 0 Å². The number of carbonyl (C=O) groups excluding carboxylic acids is 2. The van der Waals surface area contributed by atoms with Crippen LogP contribution in [0.3, 0.4) is 0 Å². The van der Waals surface area contributed by atoms with Gasteiger partial charge in [-0.2, -0.15) is 0 Å².